The van der Waals surface area contributed by atoms with E-state index in [9.17, 15) is 4.79 Å². The third kappa shape index (κ3) is 4.58. The maximum atomic E-state index is 12.4. The Morgan fingerprint density at radius 3 is 2.84 bits per heavy atom. The molecule has 0 saturated carbocycles. The zero-order valence-electron chi connectivity index (χ0n) is 14.8. The smallest absolute Gasteiger partial charge is 0.268 e. The summed E-state index contributed by atoms with van der Waals surface area (Å²) >= 11 is 1.52. The lowest BCUT2D eigenvalue weighted by molar-refractivity contribution is 0.0756. The second kappa shape index (κ2) is 8.44. The molecule has 2 aromatic rings. The zero-order valence-corrected chi connectivity index (χ0v) is 15.6. The second-order valence-corrected chi connectivity index (χ2v) is 7.29. The van der Waals surface area contributed by atoms with Crippen molar-refractivity contribution >= 4 is 22.4 Å². The minimum absolute atomic E-state index is 0.104. The van der Waals surface area contributed by atoms with Gasteiger partial charge in [0.05, 0.1) is 6.10 Å². The maximum Gasteiger partial charge on any atom is 0.268 e. The Hall–Kier alpha value is -1.93. The number of hydrogen-bond donors (Lipinski definition) is 1. The number of nitrogens with zero attached hydrogens (tertiary/aromatic N) is 4. The number of rotatable bonds is 8. The minimum Gasteiger partial charge on any atom is -0.379 e. The average molecular weight is 363 g/mol. The van der Waals surface area contributed by atoms with Gasteiger partial charge in [0.1, 0.15) is 5.69 Å². The van der Waals surface area contributed by atoms with Gasteiger partial charge in [0.25, 0.3) is 5.91 Å². The molecule has 1 saturated heterocycles. The standard InChI is InChI=1S/C17H25N5O2S/c1-13(2)24-12-6-8-18-15(23)14-7-5-11-22(14)17-20-19-16(25-17)21-9-3-4-10-21/h5,7,11,13H,3-4,6,8-10,12H2,1-2H3,(H,18,23). The predicted octanol–water partition coefficient (Wildman–Crippen LogP) is 2.47. The highest BCUT2D eigenvalue weighted by molar-refractivity contribution is 7.17. The lowest BCUT2D eigenvalue weighted by Gasteiger charge is -2.11. The molecule has 0 radical (unpaired) electrons. The first-order valence-electron chi connectivity index (χ1n) is 8.81. The minimum atomic E-state index is -0.104. The van der Waals surface area contributed by atoms with E-state index in [0.29, 0.717) is 18.8 Å². The lowest BCUT2D eigenvalue weighted by atomic mass is 10.3. The molecule has 3 rings (SSSR count). The van der Waals surface area contributed by atoms with Gasteiger partial charge in [-0.15, -0.1) is 10.2 Å². The second-order valence-electron chi connectivity index (χ2n) is 6.35. The van der Waals surface area contributed by atoms with Crippen LogP contribution in [0, 0.1) is 0 Å². The number of anilines is 1. The molecule has 136 valence electrons. The highest BCUT2D eigenvalue weighted by Crippen LogP contribution is 2.27. The molecule has 1 amide bonds. The van der Waals surface area contributed by atoms with Crippen molar-refractivity contribution in [1.29, 1.82) is 0 Å². The van der Waals surface area contributed by atoms with Crippen molar-refractivity contribution in [2.45, 2.75) is 39.2 Å². The van der Waals surface area contributed by atoms with E-state index in [2.05, 4.69) is 20.4 Å². The molecule has 25 heavy (non-hydrogen) atoms. The quantitative estimate of drug-likeness (QED) is 0.730. The molecule has 7 nitrogen and oxygen atoms in total. The number of aromatic nitrogens is 3. The molecule has 1 aliphatic heterocycles. The van der Waals surface area contributed by atoms with E-state index in [1.165, 1.54) is 24.2 Å². The molecule has 0 unspecified atom stereocenters. The van der Waals surface area contributed by atoms with Crippen LogP contribution in [0.1, 0.15) is 43.6 Å². The van der Waals surface area contributed by atoms with Crippen LogP contribution in [0.4, 0.5) is 5.13 Å². The SMILES string of the molecule is CC(C)OCCCNC(=O)c1cccn1-c1nnc(N2CCCC2)s1. The van der Waals surface area contributed by atoms with Crippen molar-refractivity contribution < 1.29 is 9.53 Å². The first kappa shape index (κ1) is 17.9. The Balaban J connectivity index is 1.59. The molecule has 0 bridgehead atoms. The molecule has 1 aliphatic rings. The molecular formula is C17H25N5O2S. The van der Waals surface area contributed by atoms with Gasteiger partial charge >= 0.3 is 0 Å². The van der Waals surface area contributed by atoms with Crippen LogP contribution in [0.25, 0.3) is 5.13 Å². The van der Waals surface area contributed by atoms with Gasteiger partial charge in [-0.3, -0.25) is 9.36 Å². The van der Waals surface area contributed by atoms with Crippen molar-refractivity contribution in [2.75, 3.05) is 31.1 Å². The molecule has 1 fully saturated rings. The van der Waals surface area contributed by atoms with Crippen LogP contribution in [0.5, 0.6) is 0 Å². The predicted molar refractivity (Wildman–Crippen MR) is 98.7 cm³/mol. The summed E-state index contributed by atoms with van der Waals surface area (Å²) in [6, 6.07) is 3.66. The number of carbonyl (C=O) groups is 1. The average Bonchev–Trinajstić information content (AvgIpc) is 3.32. The third-order valence-corrected chi connectivity index (χ3v) is 5.01. The summed E-state index contributed by atoms with van der Waals surface area (Å²) < 4.78 is 7.28. The van der Waals surface area contributed by atoms with E-state index in [1.807, 2.05) is 26.1 Å². The number of carbonyl (C=O) groups excluding carboxylic acids is 1. The fourth-order valence-corrected chi connectivity index (χ4v) is 3.65. The van der Waals surface area contributed by atoms with Crippen LogP contribution < -0.4 is 10.2 Å². The van der Waals surface area contributed by atoms with Gasteiger partial charge in [-0.05, 0) is 45.2 Å². The van der Waals surface area contributed by atoms with Gasteiger partial charge in [0.15, 0.2) is 0 Å². The highest BCUT2D eigenvalue weighted by atomic mass is 32.1. The summed E-state index contributed by atoms with van der Waals surface area (Å²) in [7, 11) is 0. The molecular weight excluding hydrogens is 338 g/mol. The summed E-state index contributed by atoms with van der Waals surface area (Å²) in [4.78, 5) is 14.7. The van der Waals surface area contributed by atoms with Crippen molar-refractivity contribution in [3.63, 3.8) is 0 Å². The first-order chi connectivity index (χ1) is 12.1. The maximum absolute atomic E-state index is 12.4. The fourth-order valence-electron chi connectivity index (χ4n) is 2.76. The monoisotopic (exact) mass is 363 g/mol. The molecule has 1 N–H and O–H groups in total. The number of hydrogen-bond acceptors (Lipinski definition) is 6. The zero-order chi connectivity index (χ0) is 17.6. The van der Waals surface area contributed by atoms with Crippen LogP contribution >= 0.6 is 11.3 Å². The molecule has 3 heterocycles. The van der Waals surface area contributed by atoms with E-state index in [-0.39, 0.29) is 12.0 Å². The Bertz CT molecular complexity index is 691. The summed E-state index contributed by atoms with van der Waals surface area (Å²) in [5, 5.41) is 13.1. The Kier molecular flexibility index (Phi) is 6.04. The largest absolute Gasteiger partial charge is 0.379 e. The molecule has 2 aromatic heterocycles. The molecule has 0 spiro atoms. The van der Waals surface area contributed by atoms with Crippen LogP contribution in [0.15, 0.2) is 18.3 Å². The van der Waals surface area contributed by atoms with Gasteiger partial charge in [0, 0.05) is 32.4 Å². The fraction of sp³-hybridized carbons (Fsp3) is 0.588. The summed E-state index contributed by atoms with van der Waals surface area (Å²) in [6.07, 6.45) is 5.27. The Morgan fingerprint density at radius 1 is 1.32 bits per heavy atom. The normalized spacial score (nSPS) is 14.4. The van der Waals surface area contributed by atoms with Crippen molar-refractivity contribution in [2.24, 2.45) is 0 Å². The van der Waals surface area contributed by atoms with Gasteiger partial charge in [-0.1, -0.05) is 11.3 Å². The molecule has 8 heteroatoms. The first-order valence-corrected chi connectivity index (χ1v) is 9.63. The topological polar surface area (TPSA) is 72.3 Å². The van der Waals surface area contributed by atoms with E-state index in [4.69, 9.17) is 4.74 Å². The third-order valence-electron chi connectivity index (χ3n) is 4.03. The van der Waals surface area contributed by atoms with Gasteiger partial charge < -0.3 is 15.0 Å². The number of amides is 1. The van der Waals surface area contributed by atoms with Crippen LogP contribution in [-0.2, 0) is 4.74 Å². The summed E-state index contributed by atoms with van der Waals surface area (Å²) in [6.45, 7) is 7.31. The number of ether oxygens (including phenoxy) is 1. The van der Waals surface area contributed by atoms with Crippen LogP contribution in [-0.4, -0.2) is 53.0 Å². The highest BCUT2D eigenvalue weighted by Gasteiger charge is 2.19. The summed E-state index contributed by atoms with van der Waals surface area (Å²) in [5.74, 6) is -0.104. The van der Waals surface area contributed by atoms with Crippen LogP contribution in [0.2, 0.25) is 0 Å². The van der Waals surface area contributed by atoms with E-state index < -0.39 is 0 Å². The number of nitrogens with one attached hydrogen (secondary N) is 1. The Morgan fingerprint density at radius 2 is 2.08 bits per heavy atom. The molecule has 0 atom stereocenters. The van der Waals surface area contributed by atoms with Crippen molar-refractivity contribution in [1.82, 2.24) is 20.1 Å². The summed E-state index contributed by atoms with van der Waals surface area (Å²) in [5.41, 5.74) is 0.578. The van der Waals surface area contributed by atoms with Gasteiger partial charge in [-0.2, -0.15) is 0 Å². The van der Waals surface area contributed by atoms with Crippen LogP contribution in [0.3, 0.4) is 0 Å². The van der Waals surface area contributed by atoms with Crippen molar-refractivity contribution in [3.05, 3.63) is 24.0 Å². The lowest BCUT2D eigenvalue weighted by Crippen LogP contribution is -2.27. The van der Waals surface area contributed by atoms with E-state index >= 15 is 0 Å². The van der Waals surface area contributed by atoms with Gasteiger partial charge in [-0.25, -0.2) is 0 Å². The van der Waals surface area contributed by atoms with Crippen molar-refractivity contribution in [3.8, 4) is 5.13 Å². The molecule has 0 aromatic carbocycles. The molecule has 0 aliphatic carbocycles. The van der Waals surface area contributed by atoms with E-state index in [0.717, 1.165) is 29.8 Å². The Labute approximate surface area is 152 Å². The van der Waals surface area contributed by atoms with Gasteiger partial charge in [0.2, 0.25) is 10.3 Å². The van der Waals surface area contributed by atoms with E-state index in [1.54, 1.807) is 10.6 Å².